The van der Waals surface area contributed by atoms with E-state index in [-0.39, 0.29) is 0 Å². The Kier molecular flexibility index (Phi) is 2.52. The standard InChI is InChI=1S/C16H15N/c1-12-11-15(13-7-3-2-4-8-13)14-9-5-6-10-16(14)17-12/h2-10,15H,11H2,1H3. The van der Waals surface area contributed by atoms with Gasteiger partial charge >= 0.3 is 0 Å². The summed E-state index contributed by atoms with van der Waals surface area (Å²) in [5, 5.41) is 0. The summed E-state index contributed by atoms with van der Waals surface area (Å²) in [5.74, 6) is 0.463. The molecule has 0 saturated carbocycles. The largest absolute Gasteiger partial charge is 0.258 e. The van der Waals surface area contributed by atoms with Crippen LogP contribution in [0.4, 0.5) is 5.69 Å². The van der Waals surface area contributed by atoms with Crippen molar-refractivity contribution >= 4 is 11.4 Å². The van der Waals surface area contributed by atoms with Crippen LogP contribution in [0.2, 0.25) is 0 Å². The van der Waals surface area contributed by atoms with Crippen LogP contribution in [0.5, 0.6) is 0 Å². The van der Waals surface area contributed by atoms with Gasteiger partial charge in [0.2, 0.25) is 0 Å². The molecule has 0 aromatic heterocycles. The minimum atomic E-state index is 0.463. The average molecular weight is 221 g/mol. The van der Waals surface area contributed by atoms with Crippen LogP contribution in [0.1, 0.15) is 30.4 Å². The number of hydrogen-bond acceptors (Lipinski definition) is 1. The van der Waals surface area contributed by atoms with Gasteiger partial charge in [-0.25, -0.2) is 0 Å². The van der Waals surface area contributed by atoms with Crippen molar-refractivity contribution in [1.82, 2.24) is 0 Å². The zero-order valence-corrected chi connectivity index (χ0v) is 9.93. The van der Waals surface area contributed by atoms with Crippen LogP contribution in [0, 0.1) is 0 Å². The molecule has 1 heterocycles. The molecule has 17 heavy (non-hydrogen) atoms. The second-order valence-corrected chi connectivity index (χ2v) is 4.57. The summed E-state index contributed by atoms with van der Waals surface area (Å²) in [6.45, 7) is 2.12. The van der Waals surface area contributed by atoms with Gasteiger partial charge in [0, 0.05) is 11.6 Å². The molecule has 1 aliphatic rings. The predicted molar refractivity (Wildman–Crippen MR) is 72.1 cm³/mol. The summed E-state index contributed by atoms with van der Waals surface area (Å²) in [6.07, 6.45) is 1.03. The van der Waals surface area contributed by atoms with Crippen molar-refractivity contribution in [1.29, 1.82) is 0 Å². The molecule has 2 aromatic rings. The van der Waals surface area contributed by atoms with Gasteiger partial charge in [0.25, 0.3) is 0 Å². The Morgan fingerprint density at radius 3 is 2.47 bits per heavy atom. The van der Waals surface area contributed by atoms with E-state index in [0.29, 0.717) is 5.92 Å². The molecule has 0 fully saturated rings. The average Bonchev–Trinajstić information content (AvgIpc) is 2.39. The molecule has 0 amide bonds. The van der Waals surface area contributed by atoms with Crippen LogP contribution >= 0.6 is 0 Å². The highest BCUT2D eigenvalue weighted by molar-refractivity contribution is 5.88. The zero-order valence-electron chi connectivity index (χ0n) is 9.93. The van der Waals surface area contributed by atoms with Crippen molar-refractivity contribution < 1.29 is 0 Å². The maximum absolute atomic E-state index is 4.64. The molecule has 0 aliphatic carbocycles. The number of rotatable bonds is 1. The van der Waals surface area contributed by atoms with E-state index in [2.05, 4.69) is 66.5 Å². The highest BCUT2D eigenvalue weighted by Crippen LogP contribution is 2.38. The van der Waals surface area contributed by atoms with Crippen molar-refractivity contribution in [2.75, 3.05) is 0 Å². The molecule has 2 aromatic carbocycles. The van der Waals surface area contributed by atoms with E-state index in [9.17, 15) is 0 Å². The first-order valence-electron chi connectivity index (χ1n) is 6.02. The summed E-state index contributed by atoms with van der Waals surface area (Å²) in [5.41, 5.74) is 5.08. The van der Waals surface area contributed by atoms with Gasteiger partial charge in [-0.2, -0.15) is 0 Å². The summed E-state index contributed by atoms with van der Waals surface area (Å²) in [7, 11) is 0. The molecule has 1 nitrogen and oxygen atoms in total. The van der Waals surface area contributed by atoms with Gasteiger partial charge in [-0.05, 0) is 30.5 Å². The molecule has 0 radical (unpaired) electrons. The number of nitrogens with zero attached hydrogens (tertiary/aromatic N) is 1. The van der Waals surface area contributed by atoms with Gasteiger partial charge in [0.05, 0.1) is 5.69 Å². The third-order valence-electron chi connectivity index (χ3n) is 3.32. The molecule has 0 saturated heterocycles. The monoisotopic (exact) mass is 221 g/mol. The molecule has 0 bridgehead atoms. The normalized spacial score (nSPS) is 18.4. The topological polar surface area (TPSA) is 12.4 Å². The summed E-state index contributed by atoms with van der Waals surface area (Å²) in [4.78, 5) is 4.64. The Balaban J connectivity index is 2.11. The second-order valence-electron chi connectivity index (χ2n) is 4.57. The van der Waals surface area contributed by atoms with Gasteiger partial charge in [-0.15, -0.1) is 0 Å². The molecule has 0 spiro atoms. The van der Waals surface area contributed by atoms with Crippen LogP contribution in [-0.4, -0.2) is 5.71 Å². The smallest absolute Gasteiger partial charge is 0.0667 e. The van der Waals surface area contributed by atoms with Crippen molar-refractivity contribution in [3.05, 3.63) is 65.7 Å². The quantitative estimate of drug-likeness (QED) is 0.680. The lowest BCUT2D eigenvalue weighted by molar-refractivity contribution is 0.837. The zero-order chi connectivity index (χ0) is 11.7. The number of aliphatic imine (C=N–C) groups is 1. The molecule has 0 N–H and O–H groups in total. The SMILES string of the molecule is CC1=Nc2ccccc2C(c2ccccc2)C1. The fourth-order valence-electron chi connectivity index (χ4n) is 2.52. The van der Waals surface area contributed by atoms with E-state index in [1.807, 2.05) is 0 Å². The molecule has 1 atom stereocenters. The molecular weight excluding hydrogens is 206 g/mol. The van der Waals surface area contributed by atoms with Gasteiger partial charge in [-0.1, -0.05) is 48.5 Å². The fraction of sp³-hybridized carbons (Fsp3) is 0.188. The molecular formula is C16H15N. The fourth-order valence-corrected chi connectivity index (χ4v) is 2.52. The number of hydrogen-bond donors (Lipinski definition) is 0. The van der Waals surface area contributed by atoms with Crippen molar-refractivity contribution in [2.45, 2.75) is 19.3 Å². The molecule has 1 unspecified atom stereocenters. The van der Waals surface area contributed by atoms with Crippen molar-refractivity contribution in [3.63, 3.8) is 0 Å². The Labute approximate surface area is 102 Å². The van der Waals surface area contributed by atoms with E-state index < -0.39 is 0 Å². The van der Waals surface area contributed by atoms with Crippen molar-refractivity contribution in [2.24, 2.45) is 4.99 Å². The van der Waals surface area contributed by atoms with Gasteiger partial charge in [-0.3, -0.25) is 4.99 Å². The maximum atomic E-state index is 4.64. The van der Waals surface area contributed by atoms with E-state index in [1.54, 1.807) is 0 Å². The predicted octanol–water partition coefficient (Wildman–Crippen LogP) is 4.31. The van der Waals surface area contributed by atoms with Crippen molar-refractivity contribution in [3.8, 4) is 0 Å². The Bertz CT molecular complexity index is 555. The Hall–Kier alpha value is -1.89. The first-order chi connectivity index (χ1) is 8.34. The van der Waals surface area contributed by atoms with E-state index in [4.69, 9.17) is 0 Å². The number of benzene rings is 2. The number of fused-ring (bicyclic) bond motifs is 1. The Morgan fingerprint density at radius 2 is 1.65 bits per heavy atom. The first kappa shape index (κ1) is 10.3. The lowest BCUT2D eigenvalue weighted by atomic mass is 9.84. The lowest BCUT2D eigenvalue weighted by Gasteiger charge is -2.23. The summed E-state index contributed by atoms with van der Waals surface area (Å²) in [6, 6.07) is 19.2. The third-order valence-corrected chi connectivity index (χ3v) is 3.32. The number of para-hydroxylation sites is 1. The Morgan fingerprint density at radius 1 is 0.941 bits per heavy atom. The van der Waals surface area contributed by atoms with Crippen LogP contribution in [0.25, 0.3) is 0 Å². The third kappa shape index (κ3) is 1.89. The molecule has 3 rings (SSSR count). The van der Waals surface area contributed by atoms with E-state index >= 15 is 0 Å². The molecule has 1 heteroatoms. The highest BCUT2D eigenvalue weighted by atomic mass is 14.8. The van der Waals surface area contributed by atoms with Gasteiger partial charge in [0.15, 0.2) is 0 Å². The van der Waals surface area contributed by atoms with Crippen LogP contribution in [-0.2, 0) is 0 Å². The summed E-state index contributed by atoms with van der Waals surface area (Å²) >= 11 is 0. The maximum Gasteiger partial charge on any atom is 0.0667 e. The van der Waals surface area contributed by atoms with Gasteiger partial charge < -0.3 is 0 Å². The molecule has 84 valence electrons. The minimum Gasteiger partial charge on any atom is -0.258 e. The second kappa shape index (κ2) is 4.17. The van der Waals surface area contributed by atoms with Gasteiger partial charge in [0.1, 0.15) is 0 Å². The van der Waals surface area contributed by atoms with E-state index in [1.165, 1.54) is 16.8 Å². The lowest BCUT2D eigenvalue weighted by Crippen LogP contribution is -2.10. The highest BCUT2D eigenvalue weighted by Gasteiger charge is 2.21. The van der Waals surface area contributed by atoms with Crippen LogP contribution < -0.4 is 0 Å². The summed E-state index contributed by atoms with van der Waals surface area (Å²) < 4.78 is 0. The minimum absolute atomic E-state index is 0.463. The first-order valence-corrected chi connectivity index (χ1v) is 6.02. The van der Waals surface area contributed by atoms with Crippen LogP contribution in [0.15, 0.2) is 59.6 Å². The molecule has 1 aliphatic heterocycles. The van der Waals surface area contributed by atoms with E-state index in [0.717, 1.165) is 12.1 Å². The van der Waals surface area contributed by atoms with Crippen LogP contribution in [0.3, 0.4) is 0 Å².